The fourth-order valence-corrected chi connectivity index (χ4v) is 7.35. The van der Waals surface area contributed by atoms with Gasteiger partial charge in [0.1, 0.15) is 11.3 Å². The van der Waals surface area contributed by atoms with Gasteiger partial charge in [-0.2, -0.15) is 0 Å². The third-order valence-corrected chi connectivity index (χ3v) is 9.66. The highest BCUT2D eigenvalue weighted by Crippen LogP contribution is 2.50. The largest absolute Gasteiger partial charge is 0.573 e. The Labute approximate surface area is 280 Å². The third kappa shape index (κ3) is 5.22. The van der Waals surface area contributed by atoms with E-state index in [4.69, 9.17) is 0 Å². The smallest absolute Gasteiger partial charge is 0.480 e. The predicted molar refractivity (Wildman–Crippen MR) is 171 cm³/mol. The SMILES string of the molecule is Cn1c(=O)c2c(ncn2CCN2C(=O)C3C(c4cccc(OC(F)(F)F)c4)NC(Cc4ccc5ccccc5c4)(C(=O)O)C3C2=O)n(C)c1=O. The van der Waals surface area contributed by atoms with Gasteiger partial charge in [0, 0.05) is 39.6 Å². The summed E-state index contributed by atoms with van der Waals surface area (Å²) in [6, 6.07) is 16.4. The number of imidazole rings is 1. The number of hydrogen-bond donors (Lipinski definition) is 2. The molecule has 16 heteroatoms. The Morgan fingerprint density at radius 2 is 1.68 bits per heavy atom. The van der Waals surface area contributed by atoms with E-state index >= 15 is 0 Å². The van der Waals surface area contributed by atoms with Crippen molar-refractivity contribution < 1.29 is 37.4 Å². The monoisotopic (exact) mass is 690 g/mol. The molecule has 0 radical (unpaired) electrons. The lowest BCUT2D eigenvalue weighted by atomic mass is 9.76. The molecule has 2 N–H and O–H groups in total. The molecule has 2 aliphatic rings. The molecule has 2 fully saturated rings. The number of nitrogens with zero attached hydrogens (tertiary/aromatic N) is 5. The topological polar surface area (TPSA) is 158 Å². The van der Waals surface area contributed by atoms with Crippen molar-refractivity contribution in [2.45, 2.75) is 30.9 Å². The molecule has 0 aliphatic carbocycles. The number of amides is 2. The van der Waals surface area contributed by atoms with E-state index in [-0.39, 0.29) is 36.2 Å². The number of alkyl halides is 3. The lowest BCUT2D eigenvalue weighted by Crippen LogP contribution is -2.57. The van der Waals surface area contributed by atoms with Gasteiger partial charge in [0.25, 0.3) is 5.56 Å². The van der Waals surface area contributed by atoms with Crippen LogP contribution in [0.25, 0.3) is 21.9 Å². The Balaban J connectivity index is 1.29. The zero-order valence-electron chi connectivity index (χ0n) is 26.5. The number of hydrogen-bond acceptors (Lipinski definition) is 8. The summed E-state index contributed by atoms with van der Waals surface area (Å²) in [5.74, 6) is -6.28. The standard InChI is InChI=1S/C34H29F3N6O7/c1-40-27-26(30(46)41(2)32(40)49)42(17-38-27)12-13-43-28(44)23-24(29(43)45)33(31(47)48,16-18-10-11-19-6-3-4-7-20(19)14-18)39-25(23)21-8-5-9-22(15-21)50-34(35,36)37/h3-11,14-15,17,23-25,39H,12-13,16H2,1-2H3,(H,47,48). The van der Waals surface area contributed by atoms with E-state index in [2.05, 4.69) is 15.0 Å². The van der Waals surface area contributed by atoms with Crippen molar-refractivity contribution in [1.29, 1.82) is 0 Å². The van der Waals surface area contributed by atoms with Gasteiger partial charge in [0.2, 0.25) is 11.8 Å². The molecule has 0 saturated carbocycles. The molecule has 7 rings (SSSR count). The number of carboxylic acid groups (broad SMARTS) is 1. The third-order valence-electron chi connectivity index (χ3n) is 9.66. The Morgan fingerprint density at radius 1 is 0.940 bits per heavy atom. The number of carbonyl (C=O) groups excluding carboxylic acids is 2. The zero-order chi connectivity index (χ0) is 35.7. The number of nitrogens with one attached hydrogen (secondary N) is 1. The van der Waals surface area contributed by atoms with Crippen LogP contribution in [0.2, 0.25) is 0 Å². The van der Waals surface area contributed by atoms with Crippen molar-refractivity contribution in [3.8, 4) is 5.75 Å². The maximum Gasteiger partial charge on any atom is 0.573 e. The number of likely N-dealkylation sites (tertiary alicyclic amines) is 1. The van der Waals surface area contributed by atoms with Crippen molar-refractivity contribution in [1.82, 2.24) is 28.9 Å². The summed E-state index contributed by atoms with van der Waals surface area (Å²) in [7, 11) is 2.75. The molecule has 4 atom stereocenters. The number of carbonyl (C=O) groups is 3. The van der Waals surface area contributed by atoms with Crippen LogP contribution in [0, 0.1) is 11.8 Å². The number of benzene rings is 3. The maximum absolute atomic E-state index is 14.3. The van der Waals surface area contributed by atoms with E-state index in [1.807, 2.05) is 30.3 Å². The Hall–Kier alpha value is -5.77. The van der Waals surface area contributed by atoms with Gasteiger partial charge in [-0.1, -0.05) is 54.6 Å². The minimum Gasteiger partial charge on any atom is -0.480 e. The summed E-state index contributed by atoms with van der Waals surface area (Å²) in [6.45, 7) is -0.393. The van der Waals surface area contributed by atoms with Gasteiger partial charge < -0.3 is 14.4 Å². The number of aromatic nitrogens is 4. The minimum absolute atomic E-state index is 0.0612. The summed E-state index contributed by atoms with van der Waals surface area (Å²) in [6.07, 6.45) is -3.94. The van der Waals surface area contributed by atoms with Crippen molar-refractivity contribution in [3.63, 3.8) is 0 Å². The molecular formula is C34H29F3N6O7. The second kappa shape index (κ2) is 11.7. The van der Waals surface area contributed by atoms with Gasteiger partial charge in [-0.3, -0.25) is 38.5 Å². The van der Waals surface area contributed by atoms with Crippen LogP contribution >= 0.6 is 0 Å². The highest BCUT2D eigenvalue weighted by atomic mass is 19.4. The van der Waals surface area contributed by atoms with Crippen molar-refractivity contribution >= 4 is 39.7 Å². The van der Waals surface area contributed by atoms with Gasteiger partial charge in [0.15, 0.2) is 11.2 Å². The van der Waals surface area contributed by atoms with Crippen molar-refractivity contribution in [2.24, 2.45) is 25.9 Å². The number of aryl methyl sites for hydroxylation is 1. The average molecular weight is 691 g/mol. The van der Waals surface area contributed by atoms with Gasteiger partial charge in [-0.05, 0) is 34.0 Å². The lowest BCUT2D eigenvalue weighted by molar-refractivity contribution is -0.274. The van der Waals surface area contributed by atoms with Crippen LogP contribution < -0.4 is 21.3 Å². The van der Waals surface area contributed by atoms with Crippen LogP contribution in [0.5, 0.6) is 5.75 Å². The quantitative estimate of drug-likeness (QED) is 0.234. The molecule has 2 amide bonds. The van der Waals surface area contributed by atoms with Crippen LogP contribution in [-0.2, 0) is 41.4 Å². The summed E-state index contributed by atoms with van der Waals surface area (Å²) < 4.78 is 47.0. The molecule has 4 unspecified atom stereocenters. The lowest BCUT2D eigenvalue weighted by Gasteiger charge is -2.31. The summed E-state index contributed by atoms with van der Waals surface area (Å²) in [5.41, 5.74) is -2.44. The normalized spacial score (nSPS) is 22.1. The molecule has 2 aromatic heterocycles. The molecule has 258 valence electrons. The van der Waals surface area contributed by atoms with Crippen LogP contribution in [0.3, 0.4) is 0 Å². The highest BCUT2D eigenvalue weighted by Gasteiger charge is 2.68. The second-order valence-electron chi connectivity index (χ2n) is 12.5. The second-order valence-corrected chi connectivity index (χ2v) is 12.5. The van der Waals surface area contributed by atoms with Gasteiger partial charge in [0.05, 0.1) is 18.2 Å². The molecule has 50 heavy (non-hydrogen) atoms. The minimum atomic E-state index is -5.01. The molecular weight excluding hydrogens is 661 g/mol. The molecule has 2 aliphatic heterocycles. The first kappa shape index (κ1) is 32.8. The molecule has 4 heterocycles. The van der Waals surface area contributed by atoms with Crippen LogP contribution in [0.4, 0.5) is 13.2 Å². The number of fused-ring (bicyclic) bond motifs is 3. The highest BCUT2D eigenvalue weighted by molar-refractivity contribution is 6.09. The molecule has 0 bridgehead atoms. The van der Waals surface area contributed by atoms with Crippen molar-refractivity contribution in [3.05, 3.63) is 105 Å². The first-order valence-corrected chi connectivity index (χ1v) is 15.5. The van der Waals surface area contributed by atoms with E-state index in [9.17, 15) is 42.3 Å². The van der Waals surface area contributed by atoms with E-state index < -0.39 is 64.6 Å². The maximum atomic E-state index is 14.3. The first-order chi connectivity index (χ1) is 23.7. The number of halogens is 3. The van der Waals surface area contributed by atoms with E-state index in [1.54, 1.807) is 12.1 Å². The van der Waals surface area contributed by atoms with Crippen molar-refractivity contribution in [2.75, 3.05) is 6.54 Å². The Bertz CT molecular complexity index is 2350. The van der Waals surface area contributed by atoms with E-state index in [0.717, 1.165) is 32.4 Å². The van der Waals surface area contributed by atoms with Crippen LogP contribution in [0.15, 0.2) is 82.6 Å². The number of rotatable bonds is 8. The summed E-state index contributed by atoms with van der Waals surface area (Å²) in [5, 5.41) is 15.6. The van der Waals surface area contributed by atoms with Crippen LogP contribution in [0.1, 0.15) is 17.2 Å². The number of aliphatic carboxylic acids is 1. The van der Waals surface area contributed by atoms with Gasteiger partial charge in [-0.25, -0.2) is 9.78 Å². The van der Waals surface area contributed by atoms with Gasteiger partial charge >= 0.3 is 18.0 Å². The summed E-state index contributed by atoms with van der Waals surface area (Å²) in [4.78, 5) is 72.3. The molecule has 13 nitrogen and oxygen atoms in total. The Morgan fingerprint density at radius 3 is 2.40 bits per heavy atom. The summed E-state index contributed by atoms with van der Waals surface area (Å²) >= 11 is 0. The molecule has 0 spiro atoms. The average Bonchev–Trinajstić information content (AvgIpc) is 3.73. The van der Waals surface area contributed by atoms with E-state index in [1.165, 1.54) is 41.7 Å². The predicted octanol–water partition coefficient (Wildman–Crippen LogP) is 2.50. The number of carboxylic acids is 1. The number of ether oxygens (including phenoxy) is 1. The fourth-order valence-electron chi connectivity index (χ4n) is 7.35. The fraction of sp³-hybridized carbons (Fsp3) is 0.294. The molecule has 5 aromatic rings. The molecule has 3 aromatic carbocycles. The first-order valence-electron chi connectivity index (χ1n) is 15.5. The van der Waals surface area contributed by atoms with Crippen LogP contribution in [-0.4, -0.2) is 64.9 Å². The Kier molecular flexibility index (Phi) is 7.66. The van der Waals surface area contributed by atoms with E-state index in [0.29, 0.717) is 5.56 Å². The molecule has 2 saturated heterocycles. The van der Waals surface area contributed by atoms with Gasteiger partial charge in [-0.15, -0.1) is 13.2 Å². The zero-order valence-corrected chi connectivity index (χ0v) is 26.5. The number of imide groups is 1.